The van der Waals surface area contributed by atoms with Gasteiger partial charge in [-0.1, -0.05) is 72.0 Å². The van der Waals surface area contributed by atoms with Crippen LogP contribution in [0.15, 0.2) is 99.9 Å². The van der Waals surface area contributed by atoms with Crippen LogP contribution < -0.4 is 24.5 Å². The number of thiazole rings is 1. The van der Waals surface area contributed by atoms with Gasteiger partial charge in [0.15, 0.2) is 4.80 Å². The molecule has 9 heteroatoms. The molecule has 0 aliphatic carbocycles. The maximum atomic E-state index is 14.3. The Morgan fingerprint density at radius 3 is 2.39 bits per heavy atom. The normalized spacial score (nSPS) is 17.2. The first-order valence-corrected chi connectivity index (χ1v) is 14.1. The topological polar surface area (TPSA) is 90.2 Å². The molecule has 1 atom stereocenters. The Balaban J connectivity index is 1.57. The number of nitrogens with zero attached hydrogens (tertiary/aromatic N) is 3. The number of para-hydroxylation sites is 1. The molecule has 3 aromatic carbocycles. The van der Waals surface area contributed by atoms with Crippen LogP contribution in [-0.4, -0.2) is 30.2 Å². The number of esters is 1. The Morgan fingerprint density at radius 1 is 0.976 bits per heavy atom. The fraction of sp³-hybridized carbons (Fsp3) is 0.188. The highest BCUT2D eigenvalue weighted by molar-refractivity contribution is 7.07. The molecule has 41 heavy (non-hydrogen) atoms. The fourth-order valence-electron chi connectivity index (χ4n) is 5.37. The number of ether oxygens (including phenoxy) is 2. The zero-order chi connectivity index (χ0) is 28.7. The highest BCUT2D eigenvalue weighted by atomic mass is 32.1. The second-order valence-corrected chi connectivity index (χ2v) is 10.6. The van der Waals surface area contributed by atoms with E-state index in [0.717, 1.165) is 22.6 Å². The number of amides is 1. The lowest BCUT2D eigenvalue weighted by Gasteiger charge is -2.24. The van der Waals surface area contributed by atoms with Gasteiger partial charge in [-0.3, -0.25) is 14.2 Å². The molecule has 0 bridgehead atoms. The Labute approximate surface area is 240 Å². The van der Waals surface area contributed by atoms with E-state index in [1.165, 1.54) is 4.57 Å². The molecule has 1 amide bonds. The molecule has 3 heterocycles. The number of anilines is 1. The van der Waals surface area contributed by atoms with Crippen molar-refractivity contribution in [2.24, 2.45) is 4.99 Å². The van der Waals surface area contributed by atoms with Crippen molar-refractivity contribution >= 4 is 34.5 Å². The minimum absolute atomic E-state index is 0.183. The van der Waals surface area contributed by atoms with E-state index in [9.17, 15) is 14.4 Å². The molecule has 0 spiro atoms. The van der Waals surface area contributed by atoms with Crippen LogP contribution in [-0.2, 0) is 20.9 Å². The van der Waals surface area contributed by atoms with Gasteiger partial charge in [-0.15, -0.1) is 0 Å². The SMILES string of the molecule is CCOC(=O)C1=C(C)N=c2sc(=C3C(=O)N(Cc4ccccc4)c4ccccc43)c(=O)n2C1c1ccc(OC)cc1. The molecular weight excluding hydrogens is 538 g/mol. The van der Waals surface area contributed by atoms with E-state index in [-0.39, 0.29) is 28.2 Å². The van der Waals surface area contributed by atoms with Crippen molar-refractivity contribution in [2.75, 3.05) is 18.6 Å². The molecule has 1 unspecified atom stereocenters. The Hall–Kier alpha value is -4.76. The highest BCUT2D eigenvalue weighted by Crippen LogP contribution is 2.36. The minimum Gasteiger partial charge on any atom is -0.497 e. The van der Waals surface area contributed by atoms with Gasteiger partial charge in [-0.25, -0.2) is 9.79 Å². The van der Waals surface area contributed by atoms with Crippen molar-refractivity contribution in [2.45, 2.75) is 26.4 Å². The molecule has 2 aliphatic rings. The molecule has 2 aliphatic heterocycles. The quantitative estimate of drug-likeness (QED) is 0.333. The van der Waals surface area contributed by atoms with Crippen molar-refractivity contribution in [3.05, 3.63) is 127 Å². The van der Waals surface area contributed by atoms with E-state index in [1.807, 2.05) is 66.7 Å². The number of benzene rings is 3. The monoisotopic (exact) mass is 565 g/mol. The summed E-state index contributed by atoms with van der Waals surface area (Å²) in [6.45, 7) is 4.03. The molecule has 0 N–H and O–H groups in total. The number of methoxy groups -OCH3 is 1. The van der Waals surface area contributed by atoms with Crippen molar-refractivity contribution in [3.63, 3.8) is 0 Å². The summed E-state index contributed by atoms with van der Waals surface area (Å²) < 4.78 is 12.5. The van der Waals surface area contributed by atoms with Gasteiger partial charge in [0.2, 0.25) is 0 Å². The maximum Gasteiger partial charge on any atom is 0.338 e. The summed E-state index contributed by atoms with van der Waals surface area (Å²) >= 11 is 1.16. The summed E-state index contributed by atoms with van der Waals surface area (Å²) in [5.74, 6) is -0.139. The van der Waals surface area contributed by atoms with Crippen LogP contribution in [0.1, 0.15) is 36.6 Å². The summed E-state index contributed by atoms with van der Waals surface area (Å²) in [5, 5.41) is 0. The maximum absolute atomic E-state index is 14.3. The first kappa shape index (κ1) is 26.5. The largest absolute Gasteiger partial charge is 0.497 e. The predicted octanol–water partition coefficient (Wildman–Crippen LogP) is 3.72. The van der Waals surface area contributed by atoms with Gasteiger partial charge >= 0.3 is 5.97 Å². The first-order chi connectivity index (χ1) is 19.9. The number of carbonyl (C=O) groups excluding carboxylic acids is 2. The number of aromatic nitrogens is 1. The second kappa shape index (κ2) is 10.7. The predicted molar refractivity (Wildman–Crippen MR) is 156 cm³/mol. The van der Waals surface area contributed by atoms with Gasteiger partial charge in [0.25, 0.3) is 11.5 Å². The van der Waals surface area contributed by atoms with Crippen LogP contribution in [0.2, 0.25) is 0 Å². The lowest BCUT2D eigenvalue weighted by Crippen LogP contribution is -2.41. The lowest BCUT2D eigenvalue weighted by molar-refractivity contribution is -0.139. The molecule has 206 valence electrons. The number of hydrogen-bond acceptors (Lipinski definition) is 7. The van der Waals surface area contributed by atoms with Crippen LogP contribution in [0, 0.1) is 0 Å². The van der Waals surface area contributed by atoms with Crippen LogP contribution in [0.3, 0.4) is 0 Å². The number of fused-ring (bicyclic) bond motifs is 2. The first-order valence-electron chi connectivity index (χ1n) is 13.2. The summed E-state index contributed by atoms with van der Waals surface area (Å²) in [6, 6.07) is 23.7. The Kier molecular flexibility index (Phi) is 6.88. The third-order valence-corrected chi connectivity index (χ3v) is 8.31. The van der Waals surface area contributed by atoms with Crippen molar-refractivity contribution in [3.8, 4) is 5.75 Å². The molecule has 6 rings (SSSR count). The summed E-state index contributed by atoms with van der Waals surface area (Å²) in [5.41, 5.74) is 3.82. The van der Waals surface area contributed by atoms with Gasteiger partial charge in [-0.05, 0) is 43.2 Å². The van der Waals surface area contributed by atoms with E-state index in [2.05, 4.69) is 4.99 Å². The average Bonchev–Trinajstić information content (AvgIpc) is 3.45. The van der Waals surface area contributed by atoms with E-state index >= 15 is 0 Å². The minimum atomic E-state index is -0.780. The van der Waals surface area contributed by atoms with Crippen LogP contribution in [0.4, 0.5) is 5.69 Å². The smallest absolute Gasteiger partial charge is 0.338 e. The zero-order valence-corrected chi connectivity index (χ0v) is 23.6. The Morgan fingerprint density at radius 2 is 1.68 bits per heavy atom. The van der Waals surface area contributed by atoms with E-state index in [4.69, 9.17) is 9.47 Å². The molecule has 0 fully saturated rings. The van der Waals surface area contributed by atoms with E-state index in [1.54, 1.807) is 38.0 Å². The molecule has 0 saturated heterocycles. The fourth-order valence-corrected chi connectivity index (χ4v) is 6.50. The van der Waals surface area contributed by atoms with Gasteiger partial charge in [0.05, 0.1) is 48.8 Å². The van der Waals surface area contributed by atoms with Gasteiger partial charge in [0, 0.05) is 5.56 Å². The third-order valence-electron chi connectivity index (χ3n) is 7.26. The number of carbonyl (C=O) groups is 2. The van der Waals surface area contributed by atoms with Crippen LogP contribution in [0.25, 0.3) is 5.57 Å². The van der Waals surface area contributed by atoms with E-state index in [0.29, 0.717) is 39.5 Å². The highest BCUT2D eigenvalue weighted by Gasteiger charge is 2.37. The van der Waals surface area contributed by atoms with Gasteiger partial charge in [-0.2, -0.15) is 0 Å². The lowest BCUT2D eigenvalue weighted by atomic mass is 9.96. The molecule has 0 saturated carbocycles. The standard InChI is InChI=1S/C32H27N3O5S/c1-4-40-31(38)25-19(2)33-32-35(27(25)21-14-16-22(39-3)17-15-21)30(37)28(41-32)26-23-12-8-9-13-24(23)34(29(26)36)18-20-10-6-5-7-11-20/h5-17,27H,4,18H2,1-3H3. The van der Waals surface area contributed by atoms with Crippen LogP contribution in [0.5, 0.6) is 5.75 Å². The second-order valence-electron chi connectivity index (χ2n) is 9.67. The number of rotatable bonds is 6. The molecule has 1 aromatic heterocycles. The summed E-state index contributed by atoms with van der Waals surface area (Å²) in [4.78, 5) is 48.2. The van der Waals surface area contributed by atoms with Crippen molar-refractivity contribution in [1.29, 1.82) is 0 Å². The molecule has 8 nitrogen and oxygen atoms in total. The zero-order valence-electron chi connectivity index (χ0n) is 22.8. The van der Waals surface area contributed by atoms with Crippen molar-refractivity contribution < 1.29 is 19.1 Å². The van der Waals surface area contributed by atoms with E-state index < -0.39 is 12.0 Å². The Bertz CT molecular complexity index is 1890. The summed E-state index contributed by atoms with van der Waals surface area (Å²) in [7, 11) is 1.57. The molecular formula is C32H27N3O5S. The van der Waals surface area contributed by atoms with Crippen LogP contribution >= 0.6 is 11.3 Å². The number of hydrogen-bond donors (Lipinski definition) is 0. The number of allylic oxidation sites excluding steroid dienone is 1. The molecule has 0 radical (unpaired) electrons. The van der Waals surface area contributed by atoms with Crippen molar-refractivity contribution in [1.82, 2.24) is 4.57 Å². The van der Waals surface area contributed by atoms with Gasteiger partial charge < -0.3 is 14.4 Å². The van der Waals surface area contributed by atoms with Gasteiger partial charge in [0.1, 0.15) is 10.3 Å². The average molecular weight is 566 g/mol. The third kappa shape index (κ3) is 4.48. The molecule has 4 aromatic rings. The summed E-state index contributed by atoms with van der Waals surface area (Å²) in [6.07, 6.45) is 0.